The number of carbonyl (C=O) groups excluding carboxylic acids is 1. The number of aryl methyl sites for hydroxylation is 1. The van der Waals surface area contributed by atoms with Crippen LogP contribution in [0.1, 0.15) is 22.8 Å². The number of hydrogen-bond acceptors (Lipinski definition) is 6. The monoisotopic (exact) mass is 369 g/mol. The molecule has 0 bridgehead atoms. The van der Waals surface area contributed by atoms with Crippen molar-refractivity contribution in [2.24, 2.45) is 0 Å². The van der Waals surface area contributed by atoms with Crippen LogP contribution >= 0.6 is 11.5 Å². The number of carbonyl (C=O) groups is 1. The zero-order chi connectivity index (χ0) is 18.5. The highest BCUT2D eigenvalue weighted by Gasteiger charge is 2.13. The standard InChI is InChI=1S/C19H19N3O3S/c1-4-25-15-10-9-14(11-16(15)24-3)17-20-19(26-22-17)21-18(23)13-7-5-12(2)6-8-13/h5-11H,4H2,1-3H3,(H,20,21,22,23). The number of nitrogens with zero attached hydrogens (tertiary/aromatic N) is 2. The number of anilines is 1. The van der Waals surface area contributed by atoms with Gasteiger partial charge >= 0.3 is 0 Å². The summed E-state index contributed by atoms with van der Waals surface area (Å²) in [4.78, 5) is 16.7. The number of methoxy groups -OCH3 is 1. The molecule has 0 aliphatic carbocycles. The first-order valence-corrected chi connectivity index (χ1v) is 8.91. The molecule has 0 spiro atoms. The van der Waals surface area contributed by atoms with Gasteiger partial charge in [-0.1, -0.05) is 17.7 Å². The van der Waals surface area contributed by atoms with Gasteiger partial charge in [-0.2, -0.15) is 9.36 Å². The highest BCUT2D eigenvalue weighted by Crippen LogP contribution is 2.32. The molecule has 0 unspecified atom stereocenters. The van der Waals surface area contributed by atoms with Gasteiger partial charge in [-0.25, -0.2) is 0 Å². The number of ether oxygens (including phenoxy) is 2. The molecule has 3 aromatic rings. The van der Waals surface area contributed by atoms with Gasteiger partial charge in [0.25, 0.3) is 5.91 Å². The van der Waals surface area contributed by atoms with Gasteiger partial charge in [-0.15, -0.1) is 0 Å². The molecule has 0 fully saturated rings. The lowest BCUT2D eigenvalue weighted by molar-refractivity contribution is 0.102. The summed E-state index contributed by atoms with van der Waals surface area (Å²) in [7, 11) is 1.59. The number of benzene rings is 2. The average molecular weight is 369 g/mol. The van der Waals surface area contributed by atoms with Crippen LogP contribution < -0.4 is 14.8 Å². The smallest absolute Gasteiger partial charge is 0.257 e. The number of rotatable bonds is 6. The van der Waals surface area contributed by atoms with E-state index in [9.17, 15) is 4.79 Å². The molecular formula is C19H19N3O3S. The number of aromatic nitrogens is 2. The van der Waals surface area contributed by atoms with E-state index in [0.29, 0.717) is 34.6 Å². The first kappa shape index (κ1) is 17.9. The van der Waals surface area contributed by atoms with E-state index in [4.69, 9.17) is 9.47 Å². The molecule has 0 aliphatic rings. The van der Waals surface area contributed by atoms with E-state index in [0.717, 1.165) is 22.7 Å². The predicted octanol–water partition coefficient (Wildman–Crippen LogP) is 4.17. The molecule has 26 heavy (non-hydrogen) atoms. The Kier molecular flexibility index (Phi) is 5.48. The Morgan fingerprint density at radius 2 is 1.92 bits per heavy atom. The fourth-order valence-corrected chi connectivity index (χ4v) is 2.93. The van der Waals surface area contributed by atoms with Gasteiger partial charge in [0.1, 0.15) is 0 Å². The van der Waals surface area contributed by atoms with Gasteiger partial charge in [0.15, 0.2) is 17.3 Å². The molecule has 1 amide bonds. The van der Waals surface area contributed by atoms with Gasteiger partial charge in [-0.3, -0.25) is 10.1 Å². The lowest BCUT2D eigenvalue weighted by atomic mass is 10.1. The Hall–Kier alpha value is -2.93. The van der Waals surface area contributed by atoms with Crippen molar-refractivity contribution in [3.63, 3.8) is 0 Å². The topological polar surface area (TPSA) is 73.3 Å². The zero-order valence-corrected chi connectivity index (χ0v) is 15.6. The third-order valence-corrected chi connectivity index (χ3v) is 4.31. The maximum atomic E-state index is 12.3. The van der Waals surface area contributed by atoms with Crippen LogP contribution in [0, 0.1) is 6.92 Å². The van der Waals surface area contributed by atoms with Crippen molar-refractivity contribution in [3.8, 4) is 22.9 Å². The van der Waals surface area contributed by atoms with Crippen LogP contribution in [0.2, 0.25) is 0 Å². The van der Waals surface area contributed by atoms with Crippen LogP contribution in [-0.2, 0) is 0 Å². The number of amides is 1. The third-order valence-electron chi connectivity index (χ3n) is 3.68. The molecule has 2 aromatic carbocycles. The molecule has 0 atom stereocenters. The molecule has 6 nitrogen and oxygen atoms in total. The summed E-state index contributed by atoms with van der Waals surface area (Å²) < 4.78 is 15.2. The number of nitrogens with one attached hydrogen (secondary N) is 1. The third kappa shape index (κ3) is 4.00. The van der Waals surface area contributed by atoms with Gasteiger partial charge in [-0.05, 0) is 44.2 Å². The molecule has 1 heterocycles. The van der Waals surface area contributed by atoms with E-state index in [1.54, 1.807) is 19.2 Å². The van der Waals surface area contributed by atoms with Crippen molar-refractivity contribution in [1.29, 1.82) is 0 Å². The second-order valence-electron chi connectivity index (χ2n) is 5.54. The largest absolute Gasteiger partial charge is 0.493 e. The Morgan fingerprint density at radius 3 is 2.62 bits per heavy atom. The molecule has 0 aliphatic heterocycles. The Labute approximate surface area is 156 Å². The molecule has 0 saturated carbocycles. The quantitative estimate of drug-likeness (QED) is 0.706. The van der Waals surface area contributed by atoms with E-state index >= 15 is 0 Å². The summed E-state index contributed by atoms with van der Waals surface area (Å²) in [6.07, 6.45) is 0. The Morgan fingerprint density at radius 1 is 1.15 bits per heavy atom. The van der Waals surface area contributed by atoms with Crippen molar-refractivity contribution in [2.75, 3.05) is 19.0 Å². The molecule has 7 heteroatoms. The summed E-state index contributed by atoms with van der Waals surface area (Å²) in [6, 6.07) is 12.9. The summed E-state index contributed by atoms with van der Waals surface area (Å²) in [5.74, 6) is 1.60. The van der Waals surface area contributed by atoms with Crippen LogP contribution in [0.4, 0.5) is 5.13 Å². The first-order chi connectivity index (χ1) is 12.6. The predicted molar refractivity (Wildman–Crippen MR) is 102 cm³/mol. The maximum absolute atomic E-state index is 12.3. The summed E-state index contributed by atoms with van der Waals surface area (Å²) >= 11 is 1.13. The van der Waals surface area contributed by atoms with Crippen molar-refractivity contribution in [3.05, 3.63) is 53.6 Å². The highest BCUT2D eigenvalue weighted by molar-refractivity contribution is 7.10. The van der Waals surface area contributed by atoms with Gasteiger partial charge in [0.05, 0.1) is 13.7 Å². The second-order valence-corrected chi connectivity index (χ2v) is 6.29. The summed E-state index contributed by atoms with van der Waals surface area (Å²) in [5.41, 5.74) is 2.47. The first-order valence-electron chi connectivity index (χ1n) is 8.13. The summed E-state index contributed by atoms with van der Waals surface area (Å²) in [5, 5.41) is 3.22. The second kappa shape index (κ2) is 7.97. The van der Waals surface area contributed by atoms with Crippen LogP contribution in [-0.4, -0.2) is 29.0 Å². The minimum atomic E-state index is -0.211. The van der Waals surface area contributed by atoms with Crippen molar-refractivity contribution in [1.82, 2.24) is 9.36 Å². The van der Waals surface area contributed by atoms with Gasteiger partial charge < -0.3 is 9.47 Å². The number of hydrogen-bond donors (Lipinski definition) is 1. The van der Waals surface area contributed by atoms with E-state index in [2.05, 4.69) is 14.7 Å². The SMILES string of the molecule is CCOc1ccc(-c2nsc(NC(=O)c3ccc(C)cc3)n2)cc1OC. The van der Waals surface area contributed by atoms with E-state index in [-0.39, 0.29) is 5.91 Å². The highest BCUT2D eigenvalue weighted by atomic mass is 32.1. The van der Waals surface area contributed by atoms with Gasteiger partial charge in [0, 0.05) is 22.7 Å². The molecular weight excluding hydrogens is 350 g/mol. The average Bonchev–Trinajstić information content (AvgIpc) is 3.11. The van der Waals surface area contributed by atoms with Crippen LogP contribution in [0.3, 0.4) is 0 Å². The minimum Gasteiger partial charge on any atom is -0.493 e. The normalized spacial score (nSPS) is 10.4. The van der Waals surface area contributed by atoms with Crippen LogP contribution in [0.15, 0.2) is 42.5 Å². The van der Waals surface area contributed by atoms with Gasteiger partial charge in [0.2, 0.25) is 5.13 Å². The zero-order valence-electron chi connectivity index (χ0n) is 14.8. The maximum Gasteiger partial charge on any atom is 0.257 e. The molecule has 134 valence electrons. The Bertz CT molecular complexity index is 907. The molecule has 1 aromatic heterocycles. The van der Waals surface area contributed by atoms with E-state index in [1.807, 2.05) is 44.2 Å². The van der Waals surface area contributed by atoms with Crippen LogP contribution in [0.25, 0.3) is 11.4 Å². The molecule has 3 rings (SSSR count). The minimum absolute atomic E-state index is 0.211. The lowest BCUT2D eigenvalue weighted by Gasteiger charge is -2.09. The Balaban J connectivity index is 1.77. The van der Waals surface area contributed by atoms with E-state index in [1.165, 1.54) is 0 Å². The van der Waals surface area contributed by atoms with E-state index < -0.39 is 0 Å². The molecule has 1 N–H and O–H groups in total. The van der Waals surface area contributed by atoms with Crippen molar-refractivity contribution >= 4 is 22.6 Å². The van der Waals surface area contributed by atoms with Crippen molar-refractivity contribution < 1.29 is 14.3 Å². The molecule has 0 saturated heterocycles. The van der Waals surface area contributed by atoms with Crippen LogP contribution in [0.5, 0.6) is 11.5 Å². The van der Waals surface area contributed by atoms with Crippen molar-refractivity contribution in [2.45, 2.75) is 13.8 Å². The molecule has 0 radical (unpaired) electrons. The fraction of sp³-hybridized carbons (Fsp3) is 0.211. The fourth-order valence-electron chi connectivity index (χ4n) is 2.35. The lowest BCUT2D eigenvalue weighted by Crippen LogP contribution is -2.11. The summed E-state index contributed by atoms with van der Waals surface area (Å²) in [6.45, 7) is 4.45.